The van der Waals surface area contributed by atoms with E-state index in [0.29, 0.717) is 18.7 Å². The number of carbonyl (C=O) groups is 3. The van der Waals surface area contributed by atoms with Gasteiger partial charge in [0.15, 0.2) is 6.04 Å². The number of Topliss-reactive ketones (excluding diaryl/α,β-unsaturated/α-hetero) is 1. The van der Waals surface area contributed by atoms with E-state index in [-0.39, 0.29) is 24.8 Å². The largest absolute Gasteiger partial charge is 0.347 e. The lowest BCUT2D eigenvalue weighted by molar-refractivity contribution is -0.145. The van der Waals surface area contributed by atoms with Gasteiger partial charge in [0.25, 0.3) is 17.6 Å². The molecule has 0 spiro atoms. The van der Waals surface area contributed by atoms with E-state index in [1.807, 2.05) is 24.3 Å². The van der Waals surface area contributed by atoms with E-state index in [2.05, 4.69) is 20.3 Å². The predicted octanol–water partition coefficient (Wildman–Crippen LogP) is -0.630. The maximum absolute atomic E-state index is 12.6. The average Bonchev–Trinajstić information content (AvgIpc) is 3.14. The van der Waals surface area contributed by atoms with Crippen LogP contribution >= 0.6 is 0 Å². The Morgan fingerprint density at radius 3 is 2.77 bits per heavy atom. The number of aromatic amines is 1. The summed E-state index contributed by atoms with van der Waals surface area (Å²) >= 11 is 0. The summed E-state index contributed by atoms with van der Waals surface area (Å²) in [4.78, 5) is 49.7. The maximum atomic E-state index is 12.6. The van der Waals surface area contributed by atoms with E-state index in [1.165, 1.54) is 7.05 Å². The molecule has 2 amide bonds. The first-order valence-corrected chi connectivity index (χ1v) is 11.0. The van der Waals surface area contributed by atoms with E-state index in [4.69, 9.17) is 0 Å². The molecule has 1 saturated heterocycles. The number of hydrogen-bond acceptors (Lipinski definition) is 7. The molecule has 30 heavy (non-hydrogen) atoms. The molecule has 1 atom stereocenters. The second-order valence-corrected chi connectivity index (χ2v) is 9.09. The Morgan fingerprint density at radius 1 is 1.27 bits per heavy atom. The molecule has 2 N–H and O–H groups in total. The number of ketones is 1. The number of guanidine groups is 1. The number of aromatic nitrogens is 2. The fourth-order valence-electron chi connectivity index (χ4n) is 3.41. The first-order valence-electron chi connectivity index (χ1n) is 9.39. The van der Waals surface area contributed by atoms with E-state index in [1.54, 1.807) is 0 Å². The number of benzene rings is 1. The molecular weight excluding hydrogens is 412 g/mol. The molecule has 3 heterocycles. The van der Waals surface area contributed by atoms with Crippen LogP contribution in [0.2, 0.25) is 0 Å². The number of fused-ring (bicyclic) bond motifs is 1. The number of imidazole rings is 1. The summed E-state index contributed by atoms with van der Waals surface area (Å²) in [6.07, 6.45) is 1.10. The highest BCUT2D eigenvalue weighted by Crippen LogP contribution is 2.19. The lowest BCUT2D eigenvalue weighted by Crippen LogP contribution is -2.58. The summed E-state index contributed by atoms with van der Waals surface area (Å²) in [7, 11) is -2.40. The molecule has 0 bridgehead atoms. The van der Waals surface area contributed by atoms with Gasteiger partial charge in [0, 0.05) is 13.6 Å². The second kappa shape index (κ2) is 7.52. The fourth-order valence-corrected chi connectivity index (χ4v) is 5.03. The van der Waals surface area contributed by atoms with Crippen LogP contribution in [0, 0.1) is 0 Å². The zero-order valence-electron chi connectivity index (χ0n) is 16.2. The van der Waals surface area contributed by atoms with Crippen LogP contribution < -0.4 is 5.32 Å². The highest BCUT2D eigenvalue weighted by atomic mass is 32.2. The molecular formula is C18H20N6O5S. The molecule has 0 saturated carbocycles. The molecule has 1 unspecified atom stereocenters. The summed E-state index contributed by atoms with van der Waals surface area (Å²) in [5.74, 6) is -2.61. The Bertz CT molecular complexity index is 1140. The van der Waals surface area contributed by atoms with Gasteiger partial charge in [-0.1, -0.05) is 12.1 Å². The van der Waals surface area contributed by atoms with Crippen LogP contribution in [0.25, 0.3) is 11.0 Å². The molecule has 2 aliphatic heterocycles. The SMILES string of the molecule is CN1C(=O)C(=O)C(C(=O)NCc2nc3ccccc3[nH]2)N=C1N1CCCCS1(=O)=O. The Labute approximate surface area is 172 Å². The maximum Gasteiger partial charge on any atom is 0.299 e. The van der Waals surface area contributed by atoms with Crippen molar-refractivity contribution >= 4 is 44.6 Å². The van der Waals surface area contributed by atoms with Gasteiger partial charge >= 0.3 is 0 Å². The van der Waals surface area contributed by atoms with Crippen molar-refractivity contribution in [1.82, 2.24) is 24.5 Å². The highest BCUT2D eigenvalue weighted by molar-refractivity contribution is 7.89. The summed E-state index contributed by atoms with van der Waals surface area (Å²) in [6.45, 7) is 0.133. The zero-order valence-corrected chi connectivity index (χ0v) is 17.0. The van der Waals surface area contributed by atoms with E-state index >= 15 is 0 Å². The number of para-hydroxylation sites is 2. The normalized spacial score (nSPS) is 21.6. The van der Waals surface area contributed by atoms with Gasteiger partial charge < -0.3 is 10.3 Å². The third-order valence-electron chi connectivity index (χ3n) is 5.00. The summed E-state index contributed by atoms with van der Waals surface area (Å²) < 4.78 is 25.8. The van der Waals surface area contributed by atoms with E-state index in [0.717, 1.165) is 20.2 Å². The average molecular weight is 432 g/mol. The van der Waals surface area contributed by atoms with Crippen molar-refractivity contribution in [2.45, 2.75) is 25.4 Å². The van der Waals surface area contributed by atoms with Crippen molar-refractivity contribution in [3.8, 4) is 0 Å². The van der Waals surface area contributed by atoms with Crippen LogP contribution in [0.3, 0.4) is 0 Å². The quantitative estimate of drug-likeness (QED) is 0.488. The van der Waals surface area contributed by atoms with Crippen LogP contribution in [0.15, 0.2) is 29.3 Å². The molecule has 12 heteroatoms. The molecule has 158 valence electrons. The van der Waals surface area contributed by atoms with Gasteiger partial charge in [0.2, 0.25) is 16.0 Å². The number of likely N-dealkylation sites (N-methyl/N-ethyl adjacent to an activating group) is 1. The number of H-pyrrole nitrogens is 1. The van der Waals surface area contributed by atoms with Gasteiger partial charge in [-0.15, -0.1) is 0 Å². The van der Waals surface area contributed by atoms with Gasteiger partial charge in [0.1, 0.15) is 5.82 Å². The van der Waals surface area contributed by atoms with E-state index < -0.39 is 33.7 Å². The third-order valence-corrected chi connectivity index (χ3v) is 6.82. The smallest absolute Gasteiger partial charge is 0.299 e. The van der Waals surface area contributed by atoms with Crippen LogP contribution in [-0.4, -0.2) is 76.5 Å². The number of sulfonamides is 1. The van der Waals surface area contributed by atoms with Crippen LogP contribution in [-0.2, 0) is 31.0 Å². The molecule has 0 aliphatic carbocycles. The number of carbonyl (C=O) groups excluding carboxylic acids is 3. The lowest BCUT2D eigenvalue weighted by Gasteiger charge is -2.35. The number of hydrogen-bond donors (Lipinski definition) is 2. The molecule has 11 nitrogen and oxygen atoms in total. The molecule has 2 aliphatic rings. The minimum absolute atomic E-state index is 0.00576. The molecule has 0 radical (unpaired) electrons. The number of rotatable bonds is 3. The van der Waals surface area contributed by atoms with Crippen LogP contribution in [0.4, 0.5) is 0 Å². The third kappa shape index (κ3) is 3.54. The zero-order chi connectivity index (χ0) is 21.5. The summed E-state index contributed by atoms with van der Waals surface area (Å²) in [6, 6.07) is 5.68. The van der Waals surface area contributed by atoms with Gasteiger partial charge in [0.05, 0.1) is 23.3 Å². The van der Waals surface area contributed by atoms with E-state index in [9.17, 15) is 22.8 Å². The summed E-state index contributed by atoms with van der Waals surface area (Å²) in [5, 5.41) is 2.54. The molecule has 4 rings (SSSR count). The topological polar surface area (TPSA) is 145 Å². The second-order valence-electron chi connectivity index (χ2n) is 7.07. The van der Waals surface area contributed by atoms with Crippen LogP contribution in [0.1, 0.15) is 18.7 Å². The van der Waals surface area contributed by atoms with Crippen molar-refractivity contribution in [3.63, 3.8) is 0 Å². The molecule has 1 fully saturated rings. The first-order chi connectivity index (χ1) is 14.3. The lowest BCUT2D eigenvalue weighted by atomic mass is 10.1. The monoisotopic (exact) mass is 432 g/mol. The first kappa shape index (κ1) is 20.0. The number of amides is 2. The van der Waals surface area contributed by atoms with Crippen molar-refractivity contribution in [2.24, 2.45) is 4.99 Å². The van der Waals surface area contributed by atoms with Gasteiger partial charge in [-0.2, -0.15) is 0 Å². The van der Waals surface area contributed by atoms with Crippen molar-refractivity contribution in [1.29, 1.82) is 0 Å². The Hall–Kier alpha value is -3.28. The molecule has 2 aromatic rings. The minimum Gasteiger partial charge on any atom is -0.347 e. The van der Waals surface area contributed by atoms with Crippen molar-refractivity contribution in [3.05, 3.63) is 30.1 Å². The standard InChI is InChI=1S/C18H20N6O5S/c1-23-17(27)15(25)14(22-18(23)24-8-4-5-9-30(24,28)29)16(26)19-10-13-20-11-6-2-3-7-12(11)21-13/h2-3,6-7,14H,4-5,8-10H2,1H3,(H,19,26)(H,20,21). The summed E-state index contributed by atoms with van der Waals surface area (Å²) in [5.41, 5.74) is 1.52. The van der Waals surface area contributed by atoms with Crippen molar-refractivity contribution < 1.29 is 22.8 Å². The van der Waals surface area contributed by atoms with Gasteiger partial charge in [-0.25, -0.2) is 22.7 Å². The Balaban J connectivity index is 1.56. The molecule has 1 aromatic heterocycles. The molecule has 1 aromatic carbocycles. The number of aliphatic imine (C=N–C) groups is 1. The Kier molecular flexibility index (Phi) is 5.02. The predicted molar refractivity (Wildman–Crippen MR) is 107 cm³/mol. The fraction of sp³-hybridized carbons (Fsp3) is 0.389. The Morgan fingerprint density at radius 2 is 2.03 bits per heavy atom. The van der Waals surface area contributed by atoms with Crippen LogP contribution in [0.5, 0.6) is 0 Å². The van der Waals surface area contributed by atoms with Crippen molar-refractivity contribution in [2.75, 3.05) is 19.3 Å². The van der Waals surface area contributed by atoms with Gasteiger partial charge in [-0.3, -0.25) is 19.3 Å². The van der Waals surface area contributed by atoms with Gasteiger partial charge in [-0.05, 0) is 25.0 Å². The number of nitrogens with zero attached hydrogens (tertiary/aromatic N) is 4. The minimum atomic E-state index is -3.67. The highest BCUT2D eigenvalue weighted by Gasteiger charge is 2.43. The number of nitrogens with one attached hydrogen (secondary N) is 2.